The zero-order valence-corrected chi connectivity index (χ0v) is 14.5. The maximum absolute atomic E-state index is 13.3. The van der Waals surface area contributed by atoms with Crippen LogP contribution < -0.4 is 0 Å². The number of alkyl halides is 21. The highest BCUT2D eigenvalue weighted by Gasteiger charge is 2.98. The second-order valence-electron chi connectivity index (χ2n) is 6.07. The summed E-state index contributed by atoms with van der Waals surface area (Å²) in [6.45, 7) is 1.20. The zero-order chi connectivity index (χ0) is 28.6. The summed E-state index contributed by atoms with van der Waals surface area (Å²) >= 11 is 0. The van der Waals surface area contributed by atoms with Crippen LogP contribution in [0, 0.1) is 0 Å². The molecule has 0 N–H and O–H groups in total. The second-order valence-corrected chi connectivity index (χ2v) is 6.07. The van der Waals surface area contributed by atoms with E-state index in [1.807, 2.05) is 0 Å². The van der Waals surface area contributed by atoms with Gasteiger partial charge < -0.3 is 0 Å². The van der Waals surface area contributed by atoms with Gasteiger partial charge in [-0.05, 0) is 0 Å². The molecule has 0 atom stereocenters. The van der Waals surface area contributed by atoms with Crippen molar-refractivity contribution in [3.8, 4) is 0 Å². The summed E-state index contributed by atoms with van der Waals surface area (Å²) < 4.78 is 283. The molecule has 0 saturated heterocycles. The van der Waals surface area contributed by atoms with Crippen molar-refractivity contribution >= 4 is 0 Å². The molecule has 0 fully saturated rings. The van der Waals surface area contributed by atoms with Gasteiger partial charge in [0.1, 0.15) is 0 Å². The van der Waals surface area contributed by atoms with E-state index in [2.05, 4.69) is 0 Å². The zero-order valence-electron chi connectivity index (χ0n) is 14.5. The van der Waals surface area contributed by atoms with Crippen molar-refractivity contribution in [1.82, 2.24) is 0 Å². The van der Waals surface area contributed by atoms with Crippen molar-refractivity contribution < 1.29 is 96.6 Å². The van der Waals surface area contributed by atoms with Crippen LogP contribution in [0.2, 0.25) is 0 Å². The van der Waals surface area contributed by atoms with Gasteiger partial charge in [0.2, 0.25) is 0 Å². The minimum absolute atomic E-state index is 1.20. The van der Waals surface area contributed by atoms with Crippen LogP contribution in [-0.2, 0) is 0 Å². The topological polar surface area (TPSA) is 0 Å². The van der Waals surface area contributed by atoms with E-state index >= 15 is 0 Å². The fourth-order valence-electron chi connectivity index (χ4n) is 1.73. The number of halogens is 22. The van der Waals surface area contributed by atoms with E-state index in [1.165, 1.54) is 6.58 Å². The van der Waals surface area contributed by atoms with Gasteiger partial charge in [0.15, 0.2) is 5.83 Å². The van der Waals surface area contributed by atoms with Gasteiger partial charge in [0, 0.05) is 0 Å². The van der Waals surface area contributed by atoms with E-state index in [0.29, 0.717) is 0 Å². The molecule has 204 valence electrons. The molecule has 0 heterocycles. The Bertz CT molecular complexity index is 780. The van der Waals surface area contributed by atoms with Gasteiger partial charge in [-0.2, -0.15) is 92.2 Å². The van der Waals surface area contributed by atoms with Crippen LogP contribution in [0.15, 0.2) is 12.4 Å². The first kappa shape index (κ1) is 32.2. The molecule has 0 unspecified atom stereocenters. The van der Waals surface area contributed by atoms with E-state index in [-0.39, 0.29) is 0 Å². The monoisotopic (exact) mass is 564 g/mol. The fourth-order valence-corrected chi connectivity index (χ4v) is 1.73. The van der Waals surface area contributed by atoms with Crippen LogP contribution in [0.5, 0.6) is 0 Å². The number of hydrogen-bond acceptors (Lipinski definition) is 0. The summed E-state index contributed by atoms with van der Waals surface area (Å²) in [5.41, 5.74) is 0. The van der Waals surface area contributed by atoms with Crippen molar-refractivity contribution in [3.63, 3.8) is 0 Å². The molecule has 0 aromatic heterocycles. The first-order valence-corrected chi connectivity index (χ1v) is 7.01. The van der Waals surface area contributed by atoms with E-state index in [0.717, 1.165) is 0 Å². The first-order valence-electron chi connectivity index (χ1n) is 7.01. The first-order chi connectivity index (χ1) is 14.2. The molecule has 0 aliphatic heterocycles. The maximum Gasteiger partial charge on any atom is 0.460 e. The van der Waals surface area contributed by atoms with Crippen LogP contribution in [-0.4, -0.2) is 59.5 Å². The molecular formula is C12H2F22. The minimum Gasteiger partial charge on any atom is -0.206 e. The molecule has 22 heteroatoms. The second kappa shape index (κ2) is 7.60. The Morgan fingerprint density at radius 3 is 0.676 bits per heavy atom. The lowest BCUT2D eigenvalue weighted by atomic mass is 9.86. The van der Waals surface area contributed by atoms with Crippen molar-refractivity contribution in [2.75, 3.05) is 0 Å². The van der Waals surface area contributed by atoms with Crippen LogP contribution in [0.3, 0.4) is 0 Å². The van der Waals surface area contributed by atoms with Gasteiger partial charge in [-0.3, -0.25) is 0 Å². The molecule has 0 amide bonds. The quantitative estimate of drug-likeness (QED) is 0.252. The summed E-state index contributed by atoms with van der Waals surface area (Å²) in [5.74, 6) is -82.7. The van der Waals surface area contributed by atoms with Crippen LogP contribution in [0.25, 0.3) is 0 Å². The summed E-state index contributed by atoms with van der Waals surface area (Å²) in [6, 6.07) is 0. The average molecular weight is 564 g/mol. The molecule has 0 saturated carbocycles. The summed E-state index contributed by atoms with van der Waals surface area (Å²) in [6.07, 6.45) is -8.03. The highest BCUT2D eigenvalue weighted by atomic mass is 19.4. The Kier molecular flexibility index (Phi) is 7.20. The maximum atomic E-state index is 13.3. The third-order valence-corrected chi connectivity index (χ3v) is 3.85. The molecule has 0 aliphatic carbocycles. The van der Waals surface area contributed by atoms with Crippen molar-refractivity contribution in [3.05, 3.63) is 12.4 Å². The smallest absolute Gasteiger partial charge is 0.206 e. The van der Waals surface area contributed by atoms with E-state index in [4.69, 9.17) is 0 Å². The Morgan fingerprint density at radius 2 is 0.500 bits per heavy atom. The Morgan fingerprint density at radius 1 is 0.324 bits per heavy atom. The molecule has 0 aromatic carbocycles. The van der Waals surface area contributed by atoms with Crippen LogP contribution in [0.1, 0.15) is 0 Å². The lowest BCUT2D eigenvalue weighted by molar-refractivity contribution is -0.473. The highest BCUT2D eigenvalue weighted by molar-refractivity contribution is 5.20. The summed E-state index contributed by atoms with van der Waals surface area (Å²) in [4.78, 5) is 0. The third-order valence-electron chi connectivity index (χ3n) is 3.85. The van der Waals surface area contributed by atoms with Gasteiger partial charge in [-0.1, -0.05) is 6.58 Å². The van der Waals surface area contributed by atoms with E-state index in [1.54, 1.807) is 0 Å². The van der Waals surface area contributed by atoms with E-state index < -0.39 is 65.3 Å². The van der Waals surface area contributed by atoms with Crippen LogP contribution in [0.4, 0.5) is 96.6 Å². The van der Waals surface area contributed by atoms with Crippen molar-refractivity contribution in [2.45, 2.75) is 59.5 Å². The molecule has 0 radical (unpaired) electrons. The molecule has 0 bridgehead atoms. The Balaban J connectivity index is 7.11. The normalized spacial score (nSPS) is 16.6. The molecule has 34 heavy (non-hydrogen) atoms. The standard InChI is InChI=1S/C12H2F22/c1-2(13)3(14,15)4(16,17)5(18,19)6(20,21)7(22,23)8(24,25)9(26,27)10(28,29)11(30,31)12(32,33)34/h1H2. The average Bonchev–Trinajstić information content (AvgIpc) is 2.58. The molecule has 0 rings (SSSR count). The lowest BCUT2D eigenvalue weighted by Gasteiger charge is -2.44. The predicted octanol–water partition coefficient (Wildman–Crippen LogP) is 7.75. The SMILES string of the molecule is C=C(F)C(F)(F)C(F)(F)C(F)(F)C(F)(F)C(F)(F)C(F)(F)C(F)(F)C(F)(F)C(F)(F)C(F)(F)F. The third kappa shape index (κ3) is 3.55. The summed E-state index contributed by atoms with van der Waals surface area (Å²) in [5, 5.41) is 0. The van der Waals surface area contributed by atoms with Crippen LogP contribution >= 0.6 is 0 Å². The van der Waals surface area contributed by atoms with Crippen molar-refractivity contribution in [1.29, 1.82) is 0 Å². The number of hydrogen-bond donors (Lipinski definition) is 0. The highest BCUT2D eigenvalue weighted by Crippen LogP contribution is 2.66. The van der Waals surface area contributed by atoms with Crippen molar-refractivity contribution in [2.24, 2.45) is 0 Å². The lowest BCUT2D eigenvalue weighted by Crippen LogP contribution is -2.76. The van der Waals surface area contributed by atoms with E-state index in [9.17, 15) is 96.6 Å². The molecule has 0 aliphatic rings. The predicted molar refractivity (Wildman–Crippen MR) is 60.8 cm³/mol. The van der Waals surface area contributed by atoms with Gasteiger partial charge in [0.25, 0.3) is 0 Å². The molecular weight excluding hydrogens is 562 g/mol. The number of rotatable bonds is 9. The summed E-state index contributed by atoms with van der Waals surface area (Å²) in [7, 11) is 0. The Hall–Kier alpha value is -1.80. The molecule has 0 nitrogen and oxygen atoms in total. The molecule has 0 spiro atoms. The molecule has 0 aromatic rings. The number of allylic oxidation sites excluding steroid dienone is 1. The fraction of sp³-hybridized carbons (Fsp3) is 0.833. The van der Waals surface area contributed by atoms with Gasteiger partial charge in [0.05, 0.1) is 0 Å². The van der Waals surface area contributed by atoms with Gasteiger partial charge in [-0.25, -0.2) is 4.39 Å². The van der Waals surface area contributed by atoms with Gasteiger partial charge >= 0.3 is 59.5 Å². The minimum atomic E-state index is -9.25. The Labute approximate surface area is 170 Å². The largest absolute Gasteiger partial charge is 0.460 e. The van der Waals surface area contributed by atoms with Gasteiger partial charge in [-0.15, -0.1) is 0 Å².